The van der Waals surface area contributed by atoms with Crippen LogP contribution in [0.15, 0.2) is 58.4 Å². The molecule has 0 amide bonds. The summed E-state index contributed by atoms with van der Waals surface area (Å²) in [6, 6.07) is 15.1. The molecule has 0 saturated heterocycles. The third-order valence-corrected chi connectivity index (χ3v) is 5.96. The average molecular weight is 546 g/mol. The Balaban J connectivity index is 0.00000450. The van der Waals surface area contributed by atoms with Gasteiger partial charge in [-0.05, 0) is 42.7 Å². The molecular formula is C21H31IN4O3S. The van der Waals surface area contributed by atoms with Crippen LogP contribution >= 0.6 is 24.0 Å². The summed E-state index contributed by atoms with van der Waals surface area (Å²) in [6.07, 6.45) is 0. The van der Waals surface area contributed by atoms with Crippen LogP contribution in [0.1, 0.15) is 29.7 Å². The number of hydrogen-bond acceptors (Lipinski definition) is 4. The molecule has 0 aliphatic carbocycles. The molecule has 9 heteroatoms. The van der Waals surface area contributed by atoms with E-state index >= 15 is 0 Å². The molecular weight excluding hydrogens is 515 g/mol. The van der Waals surface area contributed by atoms with Gasteiger partial charge in [0.15, 0.2) is 5.96 Å². The topological polar surface area (TPSA) is 91.8 Å². The number of benzene rings is 2. The second-order valence-electron chi connectivity index (χ2n) is 6.69. The molecule has 0 aliphatic heterocycles. The second kappa shape index (κ2) is 12.9. The average Bonchev–Trinajstić information content (AvgIpc) is 2.71. The summed E-state index contributed by atoms with van der Waals surface area (Å²) in [5.74, 6) is 0.646. The number of guanidine groups is 1. The molecule has 0 fully saturated rings. The van der Waals surface area contributed by atoms with Gasteiger partial charge in [0.25, 0.3) is 0 Å². The molecule has 0 saturated carbocycles. The van der Waals surface area contributed by atoms with Crippen molar-refractivity contribution in [2.24, 2.45) is 4.99 Å². The number of ether oxygens (including phenoxy) is 1. The molecule has 7 nitrogen and oxygen atoms in total. The van der Waals surface area contributed by atoms with Crippen molar-refractivity contribution in [1.29, 1.82) is 0 Å². The Hall–Kier alpha value is -1.69. The highest BCUT2D eigenvalue weighted by molar-refractivity contribution is 14.0. The van der Waals surface area contributed by atoms with Crippen LogP contribution in [0.25, 0.3) is 0 Å². The zero-order chi connectivity index (χ0) is 21.3. The predicted molar refractivity (Wildman–Crippen MR) is 132 cm³/mol. The molecule has 0 heterocycles. The van der Waals surface area contributed by atoms with Crippen molar-refractivity contribution < 1.29 is 13.2 Å². The van der Waals surface area contributed by atoms with Gasteiger partial charge in [-0.3, -0.25) is 4.99 Å². The lowest BCUT2D eigenvalue weighted by Crippen LogP contribution is -2.38. The zero-order valence-electron chi connectivity index (χ0n) is 17.8. The van der Waals surface area contributed by atoms with Crippen LogP contribution in [0.2, 0.25) is 0 Å². The number of nitrogens with one attached hydrogen (secondary N) is 3. The van der Waals surface area contributed by atoms with Crippen molar-refractivity contribution in [3.05, 3.63) is 65.2 Å². The lowest BCUT2D eigenvalue weighted by atomic mass is 10.0. The molecule has 0 bridgehead atoms. The van der Waals surface area contributed by atoms with E-state index in [2.05, 4.69) is 46.3 Å². The summed E-state index contributed by atoms with van der Waals surface area (Å²) in [4.78, 5) is 4.50. The van der Waals surface area contributed by atoms with Gasteiger partial charge in [-0.15, -0.1) is 24.0 Å². The first-order valence-corrected chi connectivity index (χ1v) is 11.0. The van der Waals surface area contributed by atoms with Crippen LogP contribution < -0.4 is 15.4 Å². The van der Waals surface area contributed by atoms with Crippen LogP contribution in [0.3, 0.4) is 0 Å². The summed E-state index contributed by atoms with van der Waals surface area (Å²) in [7, 11) is -0.325. The number of sulfonamides is 1. The maximum absolute atomic E-state index is 12.4. The fourth-order valence-electron chi connectivity index (χ4n) is 2.92. The van der Waals surface area contributed by atoms with E-state index in [0.29, 0.717) is 19.1 Å². The molecule has 2 aromatic carbocycles. The predicted octanol–water partition coefficient (Wildman–Crippen LogP) is 2.96. The Kier molecular flexibility index (Phi) is 11.3. The first kappa shape index (κ1) is 26.3. The molecule has 1 unspecified atom stereocenters. The Bertz CT molecular complexity index is 935. The van der Waals surface area contributed by atoms with Crippen molar-refractivity contribution in [2.75, 3.05) is 27.3 Å². The summed E-state index contributed by atoms with van der Waals surface area (Å²) >= 11 is 0. The van der Waals surface area contributed by atoms with Gasteiger partial charge in [0.2, 0.25) is 10.0 Å². The minimum absolute atomic E-state index is 0. The van der Waals surface area contributed by atoms with E-state index < -0.39 is 10.0 Å². The van der Waals surface area contributed by atoms with Crippen LogP contribution in [0.5, 0.6) is 0 Å². The van der Waals surface area contributed by atoms with Crippen LogP contribution in [0, 0.1) is 6.92 Å². The summed E-state index contributed by atoms with van der Waals surface area (Å²) in [5, 5.41) is 6.61. The lowest BCUT2D eigenvalue weighted by Gasteiger charge is -2.20. The van der Waals surface area contributed by atoms with Gasteiger partial charge in [-0.2, -0.15) is 0 Å². The Morgan fingerprint density at radius 1 is 1.17 bits per heavy atom. The molecule has 166 valence electrons. The molecule has 0 aliphatic rings. The van der Waals surface area contributed by atoms with Crippen LogP contribution in [0.4, 0.5) is 0 Å². The Morgan fingerprint density at radius 3 is 2.57 bits per heavy atom. The summed E-state index contributed by atoms with van der Waals surface area (Å²) in [6.45, 7) is 5.15. The first-order chi connectivity index (χ1) is 13.9. The molecule has 0 aromatic heterocycles. The molecule has 0 radical (unpaired) electrons. The van der Waals surface area contributed by atoms with E-state index in [0.717, 1.165) is 5.56 Å². The Morgan fingerprint density at radius 2 is 1.90 bits per heavy atom. The lowest BCUT2D eigenvalue weighted by molar-refractivity contribution is 0.204. The SMILES string of the molecule is CN=C(NCc1cccc(S(=O)(=O)NCCOC)c1)NC(C)c1ccccc1C.I. The van der Waals surface area contributed by atoms with Crippen molar-refractivity contribution in [1.82, 2.24) is 15.4 Å². The molecule has 2 rings (SSSR count). The van der Waals surface area contributed by atoms with E-state index in [1.54, 1.807) is 25.2 Å². The highest BCUT2D eigenvalue weighted by Crippen LogP contribution is 2.16. The minimum Gasteiger partial charge on any atom is -0.383 e. The molecule has 0 spiro atoms. The molecule has 30 heavy (non-hydrogen) atoms. The monoisotopic (exact) mass is 546 g/mol. The van der Waals surface area contributed by atoms with E-state index in [1.165, 1.54) is 18.2 Å². The van der Waals surface area contributed by atoms with E-state index in [9.17, 15) is 8.42 Å². The maximum Gasteiger partial charge on any atom is 0.240 e. The third-order valence-electron chi connectivity index (χ3n) is 4.50. The van der Waals surface area contributed by atoms with E-state index in [1.807, 2.05) is 18.2 Å². The summed E-state index contributed by atoms with van der Waals surface area (Å²) < 4.78 is 32.1. The fourth-order valence-corrected chi connectivity index (χ4v) is 4.00. The van der Waals surface area contributed by atoms with Gasteiger partial charge >= 0.3 is 0 Å². The second-order valence-corrected chi connectivity index (χ2v) is 8.45. The van der Waals surface area contributed by atoms with Crippen molar-refractivity contribution in [3.63, 3.8) is 0 Å². The van der Waals surface area contributed by atoms with Crippen LogP contribution in [-0.4, -0.2) is 41.7 Å². The quantitative estimate of drug-likeness (QED) is 0.195. The van der Waals surface area contributed by atoms with Crippen molar-refractivity contribution >= 4 is 40.0 Å². The third kappa shape index (κ3) is 7.86. The van der Waals surface area contributed by atoms with Gasteiger partial charge in [0.05, 0.1) is 17.5 Å². The fraction of sp³-hybridized carbons (Fsp3) is 0.381. The van der Waals surface area contributed by atoms with Crippen molar-refractivity contribution in [2.45, 2.75) is 31.3 Å². The zero-order valence-corrected chi connectivity index (χ0v) is 21.0. The highest BCUT2D eigenvalue weighted by Gasteiger charge is 2.14. The summed E-state index contributed by atoms with van der Waals surface area (Å²) in [5.41, 5.74) is 3.25. The Labute approximate surface area is 196 Å². The standard InChI is InChI=1S/C21H30N4O3S.HI/c1-16-8-5-6-11-20(16)17(2)25-21(22-3)23-15-18-9-7-10-19(14-18)29(26,27)24-12-13-28-4;/h5-11,14,17,24H,12-13,15H2,1-4H3,(H2,22,23,25);1H. The molecule has 2 aromatic rings. The number of rotatable bonds is 9. The normalized spacial score (nSPS) is 12.7. The number of nitrogens with zero attached hydrogens (tertiary/aromatic N) is 1. The number of halogens is 1. The van der Waals surface area contributed by atoms with Gasteiger partial charge in [-0.25, -0.2) is 13.1 Å². The number of aliphatic imine (C=N–C) groups is 1. The smallest absolute Gasteiger partial charge is 0.240 e. The maximum atomic E-state index is 12.4. The van der Waals surface area contributed by atoms with Gasteiger partial charge in [-0.1, -0.05) is 36.4 Å². The first-order valence-electron chi connectivity index (χ1n) is 9.47. The van der Waals surface area contributed by atoms with Gasteiger partial charge in [0, 0.05) is 27.2 Å². The molecule has 3 N–H and O–H groups in total. The van der Waals surface area contributed by atoms with Gasteiger partial charge < -0.3 is 15.4 Å². The largest absolute Gasteiger partial charge is 0.383 e. The van der Waals surface area contributed by atoms with Crippen molar-refractivity contribution in [3.8, 4) is 0 Å². The van der Waals surface area contributed by atoms with Crippen LogP contribution in [-0.2, 0) is 21.3 Å². The van der Waals surface area contributed by atoms with Gasteiger partial charge in [0.1, 0.15) is 0 Å². The number of hydrogen-bond donors (Lipinski definition) is 3. The number of methoxy groups -OCH3 is 1. The van der Waals surface area contributed by atoms with E-state index in [-0.39, 0.29) is 41.5 Å². The minimum atomic E-state index is -3.56. The van der Waals surface area contributed by atoms with E-state index in [4.69, 9.17) is 4.74 Å². The number of aryl methyl sites for hydroxylation is 1. The molecule has 1 atom stereocenters. The highest BCUT2D eigenvalue weighted by atomic mass is 127.